The molecule has 0 saturated carbocycles. The average Bonchev–Trinajstić information content (AvgIpc) is 3.10. The molecule has 6 heteroatoms. The standard InChI is InChI=1S/C20H18BrF2NO2/c1-25-17-7-10(6-15(21)20(17)26-2)18-13-5-3-4-12(13)14-8-11(22)9-16(23)19(14)24-18/h3-4,6-9,12-13,18,24H,5H2,1-2H3/t12-,13+,18+/m1/s1. The predicted molar refractivity (Wildman–Crippen MR) is 100.0 cm³/mol. The number of benzene rings is 2. The second-order valence-electron chi connectivity index (χ2n) is 6.57. The molecule has 0 aromatic heterocycles. The molecular formula is C20H18BrF2NO2. The molecule has 3 atom stereocenters. The number of ether oxygens (including phenoxy) is 2. The molecule has 0 fully saturated rings. The van der Waals surface area contributed by atoms with Gasteiger partial charge in [-0.1, -0.05) is 12.2 Å². The molecule has 4 rings (SSSR count). The van der Waals surface area contributed by atoms with E-state index in [0.717, 1.165) is 22.5 Å². The summed E-state index contributed by atoms with van der Waals surface area (Å²) in [5.74, 6) is 0.257. The summed E-state index contributed by atoms with van der Waals surface area (Å²) in [6, 6.07) is 6.09. The first kappa shape index (κ1) is 17.3. The van der Waals surface area contributed by atoms with Crippen LogP contribution in [0.25, 0.3) is 0 Å². The van der Waals surface area contributed by atoms with Gasteiger partial charge in [-0.2, -0.15) is 0 Å². The van der Waals surface area contributed by atoms with Crippen molar-refractivity contribution in [2.45, 2.75) is 18.4 Å². The molecule has 1 aliphatic carbocycles. The lowest BCUT2D eigenvalue weighted by atomic mass is 9.77. The summed E-state index contributed by atoms with van der Waals surface area (Å²) in [4.78, 5) is 0. The minimum absolute atomic E-state index is 0.0201. The van der Waals surface area contributed by atoms with Crippen LogP contribution in [0.4, 0.5) is 14.5 Å². The average molecular weight is 422 g/mol. The maximum Gasteiger partial charge on any atom is 0.174 e. The van der Waals surface area contributed by atoms with Gasteiger partial charge in [0.05, 0.1) is 30.4 Å². The molecule has 136 valence electrons. The van der Waals surface area contributed by atoms with Crippen LogP contribution in [-0.4, -0.2) is 14.2 Å². The van der Waals surface area contributed by atoms with E-state index in [9.17, 15) is 8.78 Å². The van der Waals surface area contributed by atoms with E-state index in [-0.39, 0.29) is 17.9 Å². The van der Waals surface area contributed by atoms with E-state index < -0.39 is 11.6 Å². The lowest BCUT2D eigenvalue weighted by molar-refractivity contribution is 0.350. The van der Waals surface area contributed by atoms with E-state index in [2.05, 4.69) is 27.3 Å². The number of rotatable bonds is 3. The first-order valence-electron chi connectivity index (χ1n) is 8.37. The summed E-state index contributed by atoms with van der Waals surface area (Å²) in [5.41, 5.74) is 2.01. The fourth-order valence-corrected chi connectivity index (χ4v) is 4.69. The van der Waals surface area contributed by atoms with Gasteiger partial charge in [-0.25, -0.2) is 8.78 Å². The Morgan fingerprint density at radius 3 is 2.65 bits per heavy atom. The molecule has 3 nitrogen and oxygen atoms in total. The van der Waals surface area contributed by atoms with Gasteiger partial charge in [-0.05, 0) is 57.6 Å². The van der Waals surface area contributed by atoms with E-state index in [1.54, 1.807) is 14.2 Å². The van der Waals surface area contributed by atoms with Gasteiger partial charge in [-0.3, -0.25) is 0 Å². The molecule has 0 radical (unpaired) electrons. The summed E-state index contributed by atoms with van der Waals surface area (Å²) in [7, 11) is 3.16. The van der Waals surface area contributed by atoms with E-state index in [1.807, 2.05) is 18.2 Å². The van der Waals surface area contributed by atoms with Gasteiger partial charge in [0, 0.05) is 12.0 Å². The normalized spacial score (nSPS) is 23.2. The predicted octanol–water partition coefficient (Wildman–Crippen LogP) is 5.57. The first-order chi connectivity index (χ1) is 12.5. The highest BCUT2D eigenvalue weighted by Crippen LogP contribution is 2.52. The number of nitrogens with one attached hydrogen (secondary N) is 1. The van der Waals surface area contributed by atoms with Crippen LogP contribution in [0.5, 0.6) is 11.5 Å². The van der Waals surface area contributed by atoms with Crippen molar-refractivity contribution in [3.8, 4) is 11.5 Å². The van der Waals surface area contributed by atoms with Gasteiger partial charge in [0.1, 0.15) is 11.6 Å². The number of allylic oxidation sites excluding steroid dienone is 2. The van der Waals surface area contributed by atoms with Crippen molar-refractivity contribution in [2.24, 2.45) is 5.92 Å². The fourth-order valence-electron chi connectivity index (χ4n) is 4.07. The first-order valence-corrected chi connectivity index (χ1v) is 9.16. The van der Waals surface area contributed by atoms with Gasteiger partial charge in [0.2, 0.25) is 0 Å². The number of anilines is 1. The van der Waals surface area contributed by atoms with Gasteiger partial charge >= 0.3 is 0 Å². The summed E-state index contributed by atoms with van der Waals surface area (Å²) in [6.45, 7) is 0. The van der Waals surface area contributed by atoms with Gasteiger partial charge < -0.3 is 14.8 Å². The molecule has 0 amide bonds. The van der Waals surface area contributed by atoms with Crippen LogP contribution in [0.1, 0.15) is 29.5 Å². The largest absolute Gasteiger partial charge is 0.493 e. The zero-order valence-corrected chi connectivity index (χ0v) is 15.9. The minimum atomic E-state index is -0.566. The number of fused-ring (bicyclic) bond motifs is 3. The Morgan fingerprint density at radius 2 is 1.92 bits per heavy atom. The van der Waals surface area contributed by atoms with Crippen LogP contribution in [0.2, 0.25) is 0 Å². The Morgan fingerprint density at radius 1 is 1.12 bits per heavy atom. The SMILES string of the molecule is COc1cc([C@@H]2Nc3c(F)cc(F)cc3[C@@H]3C=CC[C@@H]32)cc(Br)c1OC. The molecule has 1 aliphatic heterocycles. The van der Waals surface area contributed by atoms with Crippen molar-refractivity contribution >= 4 is 21.6 Å². The highest BCUT2D eigenvalue weighted by atomic mass is 79.9. The quantitative estimate of drug-likeness (QED) is 0.656. The molecule has 2 aromatic rings. The lowest BCUT2D eigenvalue weighted by Gasteiger charge is -2.38. The van der Waals surface area contributed by atoms with Crippen LogP contribution in [0.15, 0.2) is 40.9 Å². The van der Waals surface area contributed by atoms with Crippen LogP contribution < -0.4 is 14.8 Å². The Bertz CT molecular complexity index is 900. The third-order valence-corrected chi connectivity index (χ3v) is 5.79. The van der Waals surface area contributed by atoms with Gasteiger partial charge in [0.15, 0.2) is 11.5 Å². The second kappa shape index (κ2) is 6.58. The summed E-state index contributed by atoms with van der Waals surface area (Å²) in [6.07, 6.45) is 4.97. The van der Waals surface area contributed by atoms with Crippen molar-refractivity contribution in [3.63, 3.8) is 0 Å². The Balaban J connectivity index is 1.82. The third kappa shape index (κ3) is 2.67. The molecule has 0 bridgehead atoms. The van der Waals surface area contributed by atoms with Crippen molar-refractivity contribution in [1.82, 2.24) is 0 Å². The molecule has 0 saturated heterocycles. The third-order valence-electron chi connectivity index (χ3n) is 5.20. The molecule has 2 aliphatic rings. The monoisotopic (exact) mass is 421 g/mol. The second-order valence-corrected chi connectivity index (χ2v) is 7.42. The van der Waals surface area contributed by atoms with Gasteiger partial charge in [0.25, 0.3) is 0 Å². The van der Waals surface area contributed by atoms with Crippen molar-refractivity contribution in [1.29, 1.82) is 0 Å². The van der Waals surface area contributed by atoms with E-state index in [0.29, 0.717) is 22.7 Å². The zero-order valence-electron chi connectivity index (χ0n) is 14.4. The molecular weight excluding hydrogens is 404 g/mol. The molecule has 0 unspecified atom stereocenters. The number of halogens is 3. The van der Waals surface area contributed by atoms with E-state index in [4.69, 9.17) is 9.47 Å². The Kier molecular flexibility index (Phi) is 4.39. The van der Waals surface area contributed by atoms with Crippen molar-refractivity contribution < 1.29 is 18.3 Å². The van der Waals surface area contributed by atoms with E-state index in [1.165, 1.54) is 6.07 Å². The Labute approximate surface area is 159 Å². The molecule has 1 heterocycles. The summed E-state index contributed by atoms with van der Waals surface area (Å²) < 4.78 is 39.8. The number of hydrogen-bond donors (Lipinski definition) is 1. The van der Waals surface area contributed by atoms with Crippen LogP contribution >= 0.6 is 15.9 Å². The minimum Gasteiger partial charge on any atom is -0.493 e. The number of hydrogen-bond acceptors (Lipinski definition) is 3. The van der Waals surface area contributed by atoms with Gasteiger partial charge in [-0.15, -0.1) is 0 Å². The lowest BCUT2D eigenvalue weighted by Crippen LogP contribution is -2.30. The van der Waals surface area contributed by atoms with E-state index >= 15 is 0 Å². The maximum atomic E-state index is 14.4. The van der Waals surface area contributed by atoms with Crippen LogP contribution in [-0.2, 0) is 0 Å². The van der Waals surface area contributed by atoms with Crippen LogP contribution in [0.3, 0.4) is 0 Å². The van der Waals surface area contributed by atoms with Crippen LogP contribution in [0, 0.1) is 17.6 Å². The highest BCUT2D eigenvalue weighted by Gasteiger charge is 2.39. The smallest absolute Gasteiger partial charge is 0.174 e. The zero-order chi connectivity index (χ0) is 18.4. The topological polar surface area (TPSA) is 30.5 Å². The molecule has 26 heavy (non-hydrogen) atoms. The number of methoxy groups -OCH3 is 2. The molecule has 1 N–H and O–H groups in total. The maximum absolute atomic E-state index is 14.4. The highest BCUT2D eigenvalue weighted by molar-refractivity contribution is 9.10. The molecule has 0 spiro atoms. The van der Waals surface area contributed by atoms with Crippen molar-refractivity contribution in [2.75, 3.05) is 19.5 Å². The molecule has 2 aromatic carbocycles. The van der Waals surface area contributed by atoms with Crippen molar-refractivity contribution in [3.05, 3.63) is 63.7 Å². The summed E-state index contributed by atoms with van der Waals surface area (Å²) >= 11 is 3.52. The fraction of sp³-hybridized carbons (Fsp3) is 0.300. The summed E-state index contributed by atoms with van der Waals surface area (Å²) in [5, 5.41) is 3.30. The Hall–Kier alpha value is -2.08.